The Labute approximate surface area is 173 Å². The number of ether oxygens (including phenoxy) is 1. The lowest BCUT2D eigenvalue weighted by molar-refractivity contribution is 0.178. The SMILES string of the molecule is COCC(C)NC(N)=NCC1CCN(Cc2ccccc2Cl)CC1.I. The van der Waals surface area contributed by atoms with E-state index in [1.54, 1.807) is 7.11 Å². The van der Waals surface area contributed by atoms with Gasteiger partial charge in [0.2, 0.25) is 0 Å². The lowest BCUT2D eigenvalue weighted by atomic mass is 9.96. The van der Waals surface area contributed by atoms with Gasteiger partial charge in [0.05, 0.1) is 6.61 Å². The minimum Gasteiger partial charge on any atom is -0.383 e. The van der Waals surface area contributed by atoms with Crippen LogP contribution in [-0.2, 0) is 11.3 Å². The van der Waals surface area contributed by atoms with Gasteiger partial charge in [0, 0.05) is 31.3 Å². The Morgan fingerprint density at radius 1 is 1.40 bits per heavy atom. The first kappa shape index (κ1) is 22.5. The summed E-state index contributed by atoms with van der Waals surface area (Å²) in [6, 6.07) is 8.26. The van der Waals surface area contributed by atoms with Crippen LogP contribution in [0.25, 0.3) is 0 Å². The van der Waals surface area contributed by atoms with E-state index in [-0.39, 0.29) is 30.0 Å². The summed E-state index contributed by atoms with van der Waals surface area (Å²) in [5.74, 6) is 1.11. The van der Waals surface area contributed by atoms with E-state index in [4.69, 9.17) is 22.1 Å². The summed E-state index contributed by atoms with van der Waals surface area (Å²) in [7, 11) is 1.68. The van der Waals surface area contributed by atoms with Crippen LogP contribution in [0.3, 0.4) is 0 Å². The molecule has 5 nitrogen and oxygen atoms in total. The van der Waals surface area contributed by atoms with Crippen LogP contribution in [0.1, 0.15) is 25.3 Å². The Kier molecular flexibility index (Phi) is 10.7. The van der Waals surface area contributed by atoms with Crippen molar-refractivity contribution < 1.29 is 4.74 Å². The van der Waals surface area contributed by atoms with Gasteiger partial charge >= 0.3 is 0 Å². The van der Waals surface area contributed by atoms with Gasteiger partial charge < -0.3 is 15.8 Å². The van der Waals surface area contributed by atoms with Gasteiger partial charge in [-0.3, -0.25) is 9.89 Å². The zero-order valence-corrected chi connectivity index (χ0v) is 18.2. The summed E-state index contributed by atoms with van der Waals surface area (Å²) >= 11 is 6.25. The average Bonchev–Trinajstić information content (AvgIpc) is 2.56. The van der Waals surface area contributed by atoms with E-state index in [0.29, 0.717) is 18.5 Å². The van der Waals surface area contributed by atoms with Gasteiger partial charge in [-0.2, -0.15) is 0 Å². The van der Waals surface area contributed by atoms with Crippen molar-refractivity contribution in [2.24, 2.45) is 16.6 Å². The highest BCUT2D eigenvalue weighted by Gasteiger charge is 2.19. The third kappa shape index (κ3) is 8.11. The summed E-state index contributed by atoms with van der Waals surface area (Å²) in [6.07, 6.45) is 2.30. The highest BCUT2D eigenvalue weighted by molar-refractivity contribution is 14.0. The lowest BCUT2D eigenvalue weighted by Gasteiger charge is -2.31. The highest BCUT2D eigenvalue weighted by atomic mass is 127. The first-order valence-corrected chi connectivity index (χ1v) is 8.97. The van der Waals surface area contributed by atoms with Crippen LogP contribution in [0.15, 0.2) is 29.3 Å². The predicted octanol–water partition coefficient (Wildman–Crippen LogP) is 3.11. The van der Waals surface area contributed by atoms with Crippen molar-refractivity contribution >= 4 is 41.5 Å². The van der Waals surface area contributed by atoms with Crippen molar-refractivity contribution in [2.75, 3.05) is 33.4 Å². The highest BCUT2D eigenvalue weighted by Crippen LogP contribution is 2.22. The molecule has 0 aromatic heterocycles. The molecule has 0 radical (unpaired) electrons. The Hall–Kier alpha value is -0.570. The Balaban J connectivity index is 0.00000312. The number of guanidine groups is 1. The zero-order chi connectivity index (χ0) is 17.4. The molecule has 1 saturated heterocycles. The maximum Gasteiger partial charge on any atom is 0.188 e. The zero-order valence-electron chi connectivity index (χ0n) is 15.1. The molecule has 1 aromatic carbocycles. The second-order valence-corrected chi connectivity index (χ2v) is 6.94. The second-order valence-electron chi connectivity index (χ2n) is 6.54. The van der Waals surface area contributed by atoms with Crippen LogP contribution < -0.4 is 11.1 Å². The van der Waals surface area contributed by atoms with Crippen molar-refractivity contribution in [1.82, 2.24) is 10.2 Å². The maximum absolute atomic E-state index is 6.25. The van der Waals surface area contributed by atoms with E-state index < -0.39 is 0 Å². The van der Waals surface area contributed by atoms with E-state index in [1.165, 1.54) is 5.56 Å². The van der Waals surface area contributed by atoms with E-state index in [9.17, 15) is 0 Å². The number of aliphatic imine (C=N–C) groups is 1. The smallest absolute Gasteiger partial charge is 0.188 e. The van der Waals surface area contributed by atoms with Crippen molar-refractivity contribution in [2.45, 2.75) is 32.4 Å². The molecule has 0 amide bonds. The minimum absolute atomic E-state index is 0. The van der Waals surface area contributed by atoms with Crippen molar-refractivity contribution in [3.05, 3.63) is 34.9 Å². The molecular weight excluding hydrogens is 451 g/mol. The fourth-order valence-corrected chi connectivity index (χ4v) is 3.21. The Bertz CT molecular complexity index is 536. The number of methoxy groups -OCH3 is 1. The van der Waals surface area contributed by atoms with Crippen LogP contribution in [0.2, 0.25) is 5.02 Å². The molecule has 2 rings (SSSR count). The predicted molar refractivity (Wildman–Crippen MR) is 116 cm³/mol. The number of likely N-dealkylation sites (tertiary alicyclic amines) is 1. The molecule has 1 aromatic rings. The van der Waals surface area contributed by atoms with Crippen LogP contribution in [0.5, 0.6) is 0 Å². The largest absolute Gasteiger partial charge is 0.383 e. The number of nitrogens with two attached hydrogens (primary N) is 1. The van der Waals surface area contributed by atoms with Gasteiger partial charge in [0.1, 0.15) is 0 Å². The van der Waals surface area contributed by atoms with Gasteiger partial charge in [0.15, 0.2) is 5.96 Å². The van der Waals surface area contributed by atoms with Gasteiger partial charge in [-0.15, -0.1) is 24.0 Å². The van der Waals surface area contributed by atoms with Crippen LogP contribution in [-0.4, -0.2) is 50.3 Å². The molecule has 1 aliphatic heterocycles. The van der Waals surface area contributed by atoms with Crippen molar-refractivity contribution in [3.63, 3.8) is 0 Å². The molecule has 3 N–H and O–H groups in total. The number of halogens is 2. The number of piperidine rings is 1. The van der Waals surface area contributed by atoms with Gasteiger partial charge in [-0.25, -0.2) is 0 Å². The summed E-state index contributed by atoms with van der Waals surface area (Å²) in [6.45, 7) is 6.53. The summed E-state index contributed by atoms with van der Waals surface area (Å²) in [5, 5.41) is 4.00. The number of nitrogens with zero attached hydrogens (tertiary/aromatic N) is 2. The topological polar surface area (TPSA) is 62.9 Å². The number of hydrogen-bond acceptors (Lipinski definition) is 3. The first-order valence-electron chi connectivity index (χ1n) is 8.59. The minimum atomic E-state index is 0. The standard InChI is InChI=1S/C18H29ClN4O.HI/c1-14(13-24-2)22-18(20)21-11-15-7-9-23(10-8-15)12-16-5-3-4-6-17(16)19;/h3-6,14-15H,7-13H2,1-2H3,(H3,20,21,22);1H. The third-order valence-corrected chi connectivity index (χ3v) is 4.76. The molecule has 0 saturated carbocycles. The monoisotopic (exact) mass is 480 g/mol. The van der Waals surface area contributed by atoms with Crippen molar-refractivity contribution in [1.29, 1.82) is 0 Å². The Morgan fingerprint density at radius 2 is 2.08 bits per heavy atom. The summed E-state index contributed by atoms with van der Waals surface area (Å²) in [5.41, 5.74) is 7.13. The van der Waals surface area contributed by atoms with Crippen molar-refractivity contribution in [3.8, 4) is 0 Å². The molecular formula is C18H30ClIN4O. The molecule has 142 valence electrons. The molecule has 0 aliphatic carbocycles. The number of hydrogen-bond donors (Lipinski definition) is 2. The first-order chi connectivity index (χ1) is 11.6. The Morgan fingerprint density at radius 3 is 2.72 bits per heavy atom. The summed E-state index contributed by atoms with van der Waals surface area (Å²) in [4.78, 5) is 6.94. The van der Waals surface area contributed by atoms with Crippen LogP contribution in [0.4, 0.5) is 0 Å². The fourth-order valence-electron chi connectivity index (χ4n) is 3.01. The molecule has 0 spiro atoms. The number of benzene rings is 1. The maximum atomic E-state index is 6.25. The molecule has 25 heavy (non-hydrogen) atoms. The lowest BCUT2D eigenvalue weighted by Crippen LogP contribution is -2.41. The fraction of sp³-hybridized carbons (Fsp3) is 0.611. The summed E-state index contributed by atoms with van der Waals surface area (Å²) < 4.78 is 5.08. The third-order valence-electron chi connectivity index (χ3n) is 4.39. The molecule has 1 unspecified atom stereocenters. The van der Waals surface area contributed by atoms with E-state index in [1.807, 2.05) is 25.1 Å². The van der Waals surface area contributed by atoms with Gasteiger partial charge in [-0.1, -0.05) is 29.8 Å². The van der Waals surface area contributed by atoms with Gasteiger partial charge in [-0.05, 0) is 50.4 Å². The van der Waals surface area contributed by atoms with Gasteiger partial charge in [0.25, 0.3) is 0 Å². The van der Waals surface area contributed by atoms with Crippen LogP contribution >= 0.6 is 35.6 Å². The normalized spacial score (nSPS) is 17.8. The molecule has 1 atom stereocenters. The van der Waals surface area contributed by atoms with Crippen LogP contribution in [0, 0.1) is 5.92 Å². The molecule has 1 fully saturated rings. The van der Waals surface area contributed by atoms with E-state index in [2.05, 4.69) is 21.3 Å². The molecule has 1 heterocycles. The molecule has 0 bridgehead atoms. The number of rotatable bonds is 7. The molecule has 7 heteroatoms. The van der Waals surface area contributed by atoms with E-state index in [0.717, 1.165) is 44.0 Å². The quantitative estimate of drug-likeness (QED) is 0.358. The average molecular weight is 481 g/mol. The number of nitrogens with one attached hydrogen (secondary N) is 1. The second kappa shape index (κ2) is 11.9. The molecule has 1 aliphatic rings. The van der Waals surface area contributed by atoms with E-state index >= 15 is 0 Å².